The zero-order valence-corrected chi connectivity index (χ0v) is 41.9. The Bertz CT molecular complexity index is 2720. The summed E-state index contributed by atoms with van der Waals surface area (Å²) < 4.78 is 70.2. The van der Waals surface area contributed by atoms with E-state index >= 15 is 0 Å². The number of pyridine rings is 2. The molecule has 10 rings (SSSR count). The van der Waals surface area contributed by atoms with Gasteiger partial charge in [-0.3, -0.25) is 9.36 Å². The Hall–Kier alpha value is -4.42. The fourth-order valence-electron chi connectivity index (χ4n) is 8.76. The molecule has 3 saturated heterocycles. The molecule has 360 valence electrons. The van der Waals surface area contributed by atoms with Crippen LogP contribution in [0.1, 0.15) is 95.9 Å². The maximum absolute atomic E-state index is 13.1. The number of carbonyl (C=O) groups excluding carboxylic acids is 1. The van der Waals surface area contributed by atoms with E-state index in [2.05, 4.69) is 47.6 Å². The monoisotopic (exact) mass is 1060 g/mol. The number of likely N-dealkylation sites (tertiary alicyclic amines) is 1. The number of H-pyrrole nitrogens is 2. The molecule has 9 heterocycles. The van der Waals surface area contributed by atoms with Gasteiger partial charge < -0.3 is 25.9 Å². The van der Waals surface area contributed by atoms with Crippen LogP contribution in [0.3, 0.4) is 0 Å². The molecule has 0 aromatic carbocycles. The molecule has 18 nitrogen and oxygen atoms in total. The van der Waals surface area contributed by atoms with Crippen molar-refractivity contribution >= 4 is 70.7 Å². The maximum Gasteiger partial charge on any atom is 0.317 e. The van der Waals surface area contributed by atoms with Crippen molar-refractivity contribution in [1.82, 2.24) is 58.3 Å². The highest BCUT2D eigenvalue weighted by Crippen LogP contribution is 2.37. The third kappa shape index (κ3) is 12.0. The van der Waals surface area contributed by atoms with Crippen molar-refractivity contribution in [2.75, 3.05) is 44.2 Å². The summed E-state index contributed by atoms with van der Waals surface area (Å²) in [6.45, 7) is 5.90. The average Bonchev–Trinajstić information content (AvgIpc) is 4.12. The molecule has 6 aromatic heterocycles. The number of hydrogen-bond donors (Lipinski definition) is 4. The van der Waals surface area contributed by atoms with Crippen LogP contribution in [0.2, 0.25) is 0 Å². The lowest BCUT2D eigenvalue weighted by Gasteiger charge is -2.42. The van der Waals surface area contributed by atoms with Crippen LogP contribution in [-0.2, 0) is 47.2 Å². The first-order chi connectivity index (χ1) is 32.7. The molecule has 2 amide bonds. The summed E-state index contributed by atoms with van der Waals surface area (Å²) in [6, 6.07) is 11.5. The lowest BCUT2D eigenvalue weighted by molar-refractivity contribution is 0.166. The Morgan fingerprint density at radius 1 is 0.773 bits per heavy atom. The summed E-state index contributed by atoms with van der Waals surface area (Å²) >= 11 is 1.96. The van der Waals surface area contributed by atoms with E-state index in [0.29, 0.717) is 62.9 Å². The molecular formula is C45H66IN13O5S2. The summed E-state index contributed by atoms with van der Waals surface area (Å²) in [5.74, 6) is 0.737. The summed E-state index contributed by atoms with van der Waals surface area (Å²) in [4.78, 5) is 29.4. The molecule has 1 aliphatic carbocycles. The van der Waals surface area contributed by atoms with Crippen molar-refractivity contribution in [3.05, 3.63) is 96.1 Å². The number of piperidine rings is 2. The van der Waals surface area contributed by atoms with Crippen LogP contribution < -0.4 is 11.1 Å². The molecule has 3 aliphatic heterocycles. The number of nitrogens with zero attached hydrogens (tertiary/aromatic N) is 9. The van der Waals surface area contributed by atoms with E-state index in [4.69, 9.17) is 8.48 Å². The molecule has 1 saturated carbocycles. The lowest BCUT2D eigenvalue weighted by Crippen LogP contribution is -2.62. The van der Waals surface area contributed by atoms with Crippen molar-refractivity contribution in [3.63, 3.8) is 0 Å². The van der Waals surface area contributed by atoms with Crippen molar-refractivity contribution in [2.45, 2.75) is 94.2 Å². The third-order valence-electron chi connectivity index (χ3n) is 12.7. The number of rotatable bonds is 9. The number of halogens is 1. The van der Waals surface area contributed by atoms with E-state index in [1.54, 1.807) is 37.3 Å². The van der Waals surface area contributed by atoms with Crippen LogP contribution >= 0.6 is 22.6 Å². The predicted octanol–water partition coefficient (Wildman–Crippen LogP) is 5.98. The van der Waals surface area contributed by atoms with Gasteiger partial charge in [-0.25, -0.2) is 40.2 Å². The largest absolute Gasteiger partial charge is 0.346 e. The first kappa shape index (κ1) is 48.1. The molecule has 0 radical (unpaired) electrons. The molecule has 0 bridgehead atoms. The smallest absolute Gasteiger partial charge is 0.317 e. The highest BCUT2D eigenvalue weighted by molar-refractivity contribution is 14.1. The Morgan fingerprint density at radius 3 is 1.62 bits per heavy atom. The van der Waals surface area contributed by atoms with Crippen molar-refractivity contribution in [1.29, 1.82) is 0 Å². The standard InChI is InChI=1S/C21H27N7O3S.C16H21N3O2S.C5H9N3.C2H6.CH3I/c1-26-8-6-16(25-26)11-24-21(29)27-13-17(14-27)32(30,31)28-9-4-15(5-10-28)19-12-23-20-18(19)3-2-7-22-20;20-22(21,13-3-1-4-13)19-9-6-12(7-10-19)15-11-18-16-14(15)5-2-8-17-16;1-8-3-2-5(4-6)7-8;2*1-2/h2-3,6-8,12,15,17H,4-5,9-11,13-14H2,1H3,(H,22,23)(H,24,29);2,5,8,11-13H,1,3-4,6-7,9-10H2,(H,17,18);2-3H,4,6H2,1H3;1-2H3;1H3/i;;;2*1D. The van der Waals surface area contributed by atoms with Crippen LogP contribution in [0.4, 0.5) is 4.79 Å². The number of urea groups is 1. The summed E-state index contributed by atoms with van der Waals surface area (Å²) in [5, 5.41) is 12.7. The summed E-state index contributed by atoms with van der Waals surface area (Å²) in [7, 11) is -2.77. The molecule has 21 heteroatoms. The van der Waals surface area contributed by atoms with Gasteiger partial charge >= 0.3 is 6.03 Å². The second-order valence-corrected chi connectivity index (χ2v) is 21.1. The number of fused-ring (bicyclic) bond motifs is 2. The number of aromatic nitrogens is 8. The predicted molar refractivity (Wildman–Crippen MR) is 268 cm³/mol. The van der Waals surface area contributed by atoms with Gasteiger partial charge in [-0.2, -0.15) is 10.2 Å². The molecule has 66 heavy (non-hydrogen) atoms. The minimum Gasteiger partial charge on any atom is -0.346 e. The average molecular weight is 1060 g/mol. The van der Waals surface area contributed by atoms with E-state index in [1.807, 2.05) is 85.7 Å². The van der Waals surface area contributed by atoms with E-state index in [-0.39, 0.29) is 24.4 Å². The number of aryl methyl sites for hydroxylation is 2. The molecule has 0 atom stereocenters. The normalized spacial score (nSPS) is 18.2. The first-order valence-corrected chi connectivity index (χ1v) is 26.9. The van der Waals surface area contributed by atoms with Gasteiger partial charge in [0, 0.05) is 111 Å². The zero-order chi connectivity index (χ0) is 48.8. The fraction of sp³-hybridized carbons (Fsp3) is 0.533. The number of nitrogens with two attached hydrogens (primary N) is 1. The number of carbonyl (C=O) groups is 1. The number of nitrogens with one attached hydrogen (secondary N) is 3. The maximum atomic E-state index is 13.1. The van der Waals surface area contributed by atoms with Crippen LogP contribution in [0.15, 0.2) is 73.6 Å². The highest BCUT2D eigenvalue weighted by Gasteiger charge is 2.44. The number of hydrogen-bond acceptors (Lipinski definition) is 10. The quantitative estimate of drug-likeness (QED) is 0.0979. The highest BCUT2D eigenvalue weighted by atomic mass is 127. The van der Waals surface area contributed by atoms with Crippen LogP contribution in [0, 0.1) is 0 Å². The van der Waals surface area contributed by atoms with Gasteiger partial charge in [-0.1, -0.05) is 42.8 Å². The Labute approximate surface area is 405 Å². The van der Waals surface area contributed by atoms with E-state index in [9.17, 15) is 21.6 Å². The second kappa shape index (κ2) is 23.5. The minimum absolute atomic E-state index is 0.110. The van der Waals surface area contributed by atoms with Gasteiger partial charge in [0.05, 0.1) is 23.2 Å². The Morgan fingerprint density at radius 2 is 1.23 bits per heavy atom. The molecule has 4 fully saturated rings. The van der Waals surface area contributed by atoms with E-state index < -0.39 is 25.3 Å². The SMILES string of the molecule is Cn1ccc(CN)n1.Cn1ccc(CNC(=O)N2CC(S(=O)(=O)N3CCC(c4c[nH]c5ncccc45)CC3)C2)n1.O=S(=O)(C1CCC1)N1CCC(c2c[nH]c3ncccc23)CC1.[2H]CC.[2H]CI. The van der Waals surface area contributed by atoms with Gasteiger partial charge in [0.25, 0.3) is 0 Å². The van der Waals surface area contributed by atoms with Gasteiger partial charge in [-0.15, -0.1) is 0 Å². The number of alkyl halides is 1. The third-order valence-corrected chi connectivity index (χ3v) is 17.3. The molecule has 5 N–H and O–H groups in total. The number of aromatic amines is 2. The lowest BCUT2D eigenvalue weighted by atomic mass is 9.90. The van der Waals surface area contributed by atoms with Crippen LogP contribution in [-0.4, -0.2) is 131 Å². The molecule has 4 aliphatic rings. The van der Waals surface area contributed by atoms with Crippen molar-refractivity contribution in [2.24, 2.45) is 19.8 Å². The Kier molecular flexibility index (Phi) is 17.1. The number of sulfonamides is 2. The Balaban J connectivity index is 0.000000181. The topological polar surface area (TPSA) is 226 Å². The second-order valence-electron chi connectivity index (χ2n) is 16.6. The van der Waals surface area contributed by atoms with Gasteiger partial charge in [0.1, 0.15) is 16.5 Å². The zero-order valence-electron chi connectivity index (χ0n) is 40.1. The summed E-state index contributed by atoms with van der Waals surface area (Å²) in [6.07, 6.45) is 17.4. The van der Waals surface area contributed by atoms with Crippen molar-refractivity contribution in [3.8, 4) is 0 Å². The van der Waals surface area contributed by atoms with Gasteiger partial charge in [-0.05, 0) is 103 Å². The van der Waals surface area contributed by atoms with Crippen LogP contribution in [0.5, 0.6) is 0 Å². The number of amides is 2. The van der Waals surface area contributed by atoms with Gasteiger partial charge in [0.2, 0.25) is 20.0 Å². The fourth-order valence-corrected chi connectivity index (χ4v) is 12.7. The molecule has 6 aromatic rings. The van der Waals surface area contributed by atoms with Crippen molar-refractivity contribution < 1.29 is 24.4 Å². The van der Waals surface area contributed by atoms with Crippen LogP contribution in [0.25, 0.3) is 22.1 Å². The minimum atomic E-state index is -3.41. The molecule has 0 spiro atoms. The first-order valence-electron chi connectivity index (χ1n) is 23.8. The van der Waals surface area contributed by atoms with E-state index in [0.717, 1.165) is 73.0 Å². The van der Waals surface area contributed by atoms with E-state index in [1.165, 1.54) is 21.4 Å². The molecular weight excluding hydrogens is 994 g/mol. The van der Waals surface area contributed by atoms with Gasteiger partial charge in [0.15, 0.2) is 0 Å². The summed E-state index contributed by atoms with van der Waals surface area (Å²) in [5.41, 5.74) is 11.3. The molecule has 0 unspecified atom stereocenters.